The molecule has 3 rings (SSSR count). The normalized spacial score (nSPS) is 10.7. The van der Waals surface area contributed by atoms with Gasteiger partial charge in [0.2, 0.25) is 5.78 Å². The highest BCUT2D eigenvalue weighted by molar-refractivity contribution is 5.99. The SMILES string of the molecule is Cc1ccc(-n2c(C)cc(C(=O)COc3ccccc3C(N)=O)c2C)cc1F. The number of ketones is 1. The van der Waals surface area contributed by atoms with Crippen LogP contribution in [-0.4, -0.2) is 22.9 Å². The van der Waals surface area contributed by atoms with Crippen LogP contribution in [0.15, 0.2) is 48.5 Å². The maximum absolute atomic E-state index is 14.0. The fourth-order valence-corrected chi connectivity index (χ4v) is 3.18. The number of carbonyl (C=O) groups is 2. The summed E-state index contributed by atoms with van der Waals surface area (Å²) in [6.07, 6.45) is 0. The molecular formula is C22H21FN2O3. The molecule has 0 radical (unpaired) electrons. The van der Waals surface area contributed by atoms with Gasteiger partial charge in [-0.2, -0.15) is 0 Å². The molecule has 0 atom stereocenters. The van der Waals surface area contributed by atoms with Crippen molar-refractivity contribution in [3.63, 3.8) is 0 Å². The molecule has 5 nitrogen and oxygen atoms in total. The lowest BCUT2D eigenvalue weighted by molar-refractivity contribution is 0.0911. The highest BCUT2D eigenvalue weighted by Gasteiger charge is 2.18. The van der Waals surface area contributed by atoms with Gasteiger partial charge in [-0.3, -0.25) is 9.59 Å². The molecule has 0 aliphatic carbocycles. The molecule has 0 aliphatic heterocycles. The Morgan fingerprint density at radius 3 is 2.43 bits per heavy atom. The summed E-state index contributed by atoms with van der Waals surface area (Å²) in [5.74, 6) is -0.907. The van der Waals surface area contributed by atoms with E-state index in [0.29, 0.717) is 22.5 Å². The average Bonchev–Trinajstić information content (AvgIpc) is 2.96. The molecule has 144 valence electrons. The summed E-state index contributed by atoms with van der Waals surface area (Å²) in [6.45, 7) is 5.11. The van der Waals surface area contributed by atoms with E-state index in [1.807, 2.05) is 17.6 Å². The molecule has 3 aromatic rings. The number of nitrogens with two attached hydrogens (primary N) is 1. The van der Waals surface area contributed by atoms with Crippen molar-refractivity contribution in [3.8, 4) is 11.4 Å². The number of rotatable bonds is 6. The molecular weight excluding hydrogens is 359 g/mol. The Balaban J connectivity index is 1.86. The summed E-state index contributed by atoms with van der Waals surface area (Å²) in [5, 5.41) is 0. The van der Waals surface area contributed by atoms with Crippen LogP contribution in [0.5, 0.6) is 5.75 Å². The molecule has 0 saturated carbocycles. The molecule has 28 heavy (non-hydrogen) atoms. The summed E-state index contributed by atoms with van der Waals surface area (Å²) >= 11 is 0. The number of para-hydroxylation sites is 1. The second-order valence-corrected chi connectivity index (χ2v) is 6.63. The van der Waals surface area contributed by atoms with Crippen LogP contribution in [0.1, 0.15) is 37.7 Å². The van der Waals surface area contributed by atoms with Crippen LogP contribution < -0.4 is 10.5 Å². The Morgan fingerprint density at radius 2 is 1.75 bits per heavy atom. The Hall–Kier alpha value is -3.41. The molecule has 1 aromatic heterocycles. The highest BCUT2D eigenvalue weighted by atomic mass is 19.1. The number of aryl methyl sites for hydroxylation is 2. The zero-order valence-corrected chi connectivity index (χ0v) is 16.0. The van der Waals surface area contributed by atoms with Gasteiger partial charge in [0, 0.05) is 22.6 Å². The summed E-state index contributed by atoms with van der Waals surface area (Å²) in [4.78, 5) is 24.2. The number of hydrogen-bond donors (Lipinski definition) is 1. The third-order valence-corrected chi connectivity index (χ3v) is 4.66. The van der Waals surface area contributed by atoms with Gasteiger partial charge in [0.15, 0.2) is 6.61 Å². The number of ether oxygens (including phenoxy) is 1. The van der Waals surface area contributed by atoms with Crippen LogP contribution in [0.2, 0.25) is 0 Å². The Labute approximate surface area is 162 Å². The van der Waals surface area contributed by atoms with Crippen LogP contribution in [-0.2, 0) is 0 Å². The van der Waals surface area contributed by atoms with Gasteiger partial charge < -0.3 is 15.0 Å². The van der Waals surface area contributed by atoms with E-state index in [9.17, 15) is 14.0 Å². The lowest BCUT2D eigenvalue weighted by atomic mass is 10.1. The largest absolute Gasteiger partial charge is 0.485 e. The van der Waals surface area contributed by atoms with E-state index in [1.54, 1.807) is 50.2 Å². The fraction of sp³-hybridized carbons (Fsp3) is 0.182. The molecule has 0 aliphatic rings. The van der Waals surface area contributed by atoms with Gasteiger partial charge in [-0.15, -0.1) is 0 Å². The van der Waals surface area contributed by atoms with Crippen LogP contribution in [0.25, 0.3) is 5.69 Å². The first-order valence-corrected chi connectivity index (χ1v) is 8.80. The maximum Gasteiger partial charge on any atom is 0.252 e. The summed E-state index contributed by atoms with van der Waals surface area (Å²) in [7, 11) is 0. The lowest BCUT2D eigenvalue weighted by Gasteiger charge is -2.11. The van der Waals surface area contributed by atoms with E-state index in [1.165, 1.54) is 6.07 Å². The average molecular weight is 380 g/mol. The van der Waals surface area contributed by atoms with Crippen molar-refractivity contribution in [1.82, 2.24) is 4.57 Å². The molecule has 6 heteroatoms. The van der Waals surface area contributed by atoms with Gasteiger partial charge >= 0.3 is 0 Å². The van der Waals surface area contributed by atoms with E-state index in [2.05, 4.69) is 0 Å². The maximum atomic E-state index is 14.0. The van der Waals surface area contributed by atoms with Gasteiger partial charge in [0.25, 0.3) is 5.91 Å². The van der Waals surface area contributed by atoms with Crippen LogP contribution in [0.3, 0.4) is 0 Å². The van der Waals surface area contributed by atoms with Crippen molar-refractivity contribution < 1.29 is 18.7 Å². The van der Waals surface area contributed by atoms with Crippen molar-refractivity contribution in [3.05, 3.63) is 82.4 Å². The third-order valence-electron chi connectivity index (χ3n) is 4.66. The van der Waals surface area contributed by atoms with Gasteiger partial charge in [-0.1, -0.05) is 18.2 Å². The Kier molecular flexibility index (Phi) is 5.31. The minimum Gasteiger partial charge on any atom is -0.485 e. The Bertz CT molecular complexity index is 1070. The molecule has 2 N–H and O–H groups in total. The first-order chi connectivity index (χ1) is 13.3. The minimum atomic E-state index is -0.623. The number of amides is 1. The van der Waals surface area contributed by atoms with Crippen molar-refractivity contribution in [2.45, 2.75) is 20.8 Å². The quantitative estimate of drug-likeness (QED) is 0.659. The number of nitrogens with zero attached hydrogens (tertiary/aromatic N) is 1. The molecule has 0 fully saturated rings. The standard InChI is InChI=1S/C22H21FN2O3/c1-13-8-9-16(11-19(13)23)25-14(2)10-18(15(25)3)20(26)12-28-21-7-5-4-6-17(21)22(24)27/h4-11H,12H2,1-3H3,(H2,24,27). The fourth-order valence-electron chi connectivity index (χ4n) is 3.18. The first-order valence-electron chi connectivity index (χ1n) is 8.80. The second-order valence-electron chi connectivity index (χ2n) is 6.63. The number of aromatic nitrogens is 1. The second kappa shape index (κ2) is 7.68. The number of halogens is 1. The lowest BCUT2D eigenvalue weighted by Crippen LogP contribution is -2.17. The van der Waals surface area contributed by atoms with Crippen LogP contribution in [0, 0.1) is 26.6 Å². The summed E-state index contributed by atoms with van der Waals surface area (Å²) < 4.78 is 21.3. The summed E-state index contributed by atoms with van der Waals surface area (Å²) in [5.41, 5.74) is 8.74. The molecule has 2 aromatic carbocycles. The highest BCUT2D eigenvalue weighted by Crippen LogP contribution is 2.24. The van der Waals surface area contributed by atoms with Crippen molar-refractivity contribution in [2.24, 2.45) is 5.73 Å². The molecule has 1 amide bonds. The number of primary amides is 1. The van der Waals surface area contributed by atoms with Crippen molar-refractivity contribution >= 4 is 11.7 Å². The first kappa shape index (κ1) is 19.4. The number of Topliss-reactive ketones (excluding diaryl/α,β-unsaturated/α-hetero) is 1. The van der Waals surface area contributed by atoms with Gasteiger partial charge in [0.1, 0.15) is 11.6 Å². The molecule has 0 saturated heterocycles. The predicted molar refractivity (Wildman–Crippen MR) is 105 cm³/mol. The van der Waals surface area contributed by atoms with Crippen molar-refractivity contribution in [2.75, 3.05) is 6.61 Å². The van der Waals surface area contributed by atoms with Gasteiger partial charge in [-0.05, 0) is 56.7 Å². The third kappa shape index (κ3) is 3.67. The molecule has 1 heterocycles. The predicted octanol–water partition coefficient (Wildman–Crippen LogP) is 3.90. The van der Waals surface area contributed by atoms with Crippen molar-refractivity contribution in [1.29, 1.82) is 0 Å². The summed E-state index contributed by atoms with van der Waals surface area (Å²) in [6, 6.07) is 13.2. The van der Waals surface area contributed by atoms with Gasteiger partial charge in [-0.25, -0.2) is 4.39 Å². The Morgan fingerprint density at radius 1 is 1.04 bits per heavy atom. The zero-order chi connectivity index (χ0) is 20.4. The van der Waals surface area contributed by atoms with E-state index < -0.39 is 5.91 Å². The topological polar surface area (TPSA) is 74.3 Å². The van der Waals surface area contributed by atoms with E-state index in [4.69, 9.17) is 10.5 Å². The number of benzene rings is 2. The number of carbonyl (C=O) groups excluding carboxylic acids is 2. The van der Waals surface area contributed by atoms with Crippen LogP contribution in [0.4, 0.5) is 4.39 Å². The van der Waals surface area contributed by atoms with Crippen LogP contribution >= 0.6 is 0 Å². The smallest absolute Gasteiger partial charge is 0.252 e. The molecule has 0 unspecified atom stereocenters. The van der Waals surface area contributed by atoms with E-state index in [0.717, 1.165) is 5.69 Å². The van der Waals surface area contributed by atoms with E-state index >= 15 is 0 Å². The van der Waals surface area contributed by atoms with E-state index in [-0.39, 0.29) is 29.5 Å². The minimum absolute atomic E-state index is 0.218. The zero-order valence-electron chi connectivity index (χ0n) is 16.0. The number of hydrogen-bond acceptors (Lipinski definition) is 3. The molecule has 0 bridgehead atoms. The molecule has 0 spiro atoms. The van der Waals surface area contributed by atoms with Gasteiger partial charge in [0.05, 0.1) is 5.56 Å². The monoisotopic (exact) mass is 380 g/mol.